The van der Waals surface area contributed by atoms with Crippen molar-refractivity contribution in [3.8, 4) is 0 Å². The first-order chi connectivity index (χ1) is 15.3. The summed E-state index contributed by atoms with van der Waals surface area (Å²) >= 11 is 0. The second-order valence-corrected chi connectivity index (χ2v) is 8.91. The smallest absolute Gasteiger partial charge is 0.337 e. The summed E-state index contributed by atoms with van der Waals surface area (Å²) in [6.45, 7) is 7.95. The van der Waals surface area contributed by atoms with Crippen molar-refractivity contribution in [3.63, 3.8) is 0 Å². The van der Waals surface area contributed by atoms with Crippen LogP contribution in [0.1, 0.15) is 54.2 Å². The lowest BCUT2D eigenvalue weighted by Crippen LogP contribution is -2.37. The maximum absolute atomic E-state index is 13.3. The third-order valence-electron chi connectivity index (χ3n) is 6.39. The molecule has 0 radical (unpaired) electrons. The molecule has 2 heterocycles. The largest absolute Gasteiger partial charge is 0.478 e. The number of para-hydroxylation sites is 1. The SMILES string of the molecule is Cc1cc([C@@H](C)Nc2ccccc2C(=O)O)c2nc(N3CCC(C)CC3)n(C)c(=O)c2c1. The Kier molecular flexibility index (Phi) is 5.91. The van der Waals surface area contributed by atoms with Crippen LogP contribution < -0.4 is 15.8 Å². The van der Waals surface area contributed by atoms with E-state index in [1.165, 1.54) is 0 Å². The van der Waals surface area contributed by atoms with Crippen LogP contribution >= 0.6 is 0 Å². The molecule has 0 bridgehead atoms. The predicted molar refractivity (Wildman–Crippen MR) is 128 cm³/mol. The van der Waals surface area contributed by atoms with Gasteiger partial charge in [-0.05, 0) is 56.4 Å². The number of aryl methyl sites for hydroxylation is 1. The van der Waals surface area contributed by atoms with Gasteiger partial charge >= 0.3 is 5.97 Å². The highest BCUT2D eigenvalue weighted by atomic mass is 16.4. The molecule has 1 aliphatic rings. The number of carboxylic acid groups (broad SMARTS) is 1. The lowest BCUT2D eigenvalue weighted by Gasteiger charge is -2.32. The van der Waals surface area contributed by atoms with Crippen molar-refractivity contribution in [2.75, 3.05) is 23.3 Å². The van der Waals surface area contributed by atoms with Crippen LogP contribution in [0.5, 0.6) is 0 Å². The molecule has 1 aromatic heterocycles. The van der Waals surface area contributed by atoms with E-state index < -0.39 is 5.97 Å². The number of piperidine rings is 1. The normalized spacial score (nSPS) is 15.7. The van der Waals surface area contributed by atoms with Crippen LogP contribution in [-0.2, 0) is 7.05 Å². The number of hydrogen-bond acceptors (Lipinski definition) is 5. The highest BCUT2D eigenvalue weighted by molar-refractivity contribution is 5.94. The van der Waals surface area contributed by atoms with E-state index in [4.69, 9.17) is 4.98 Å². The Labute approximate surface area is 187 Å². The zero-order chi connectivity index (χ0) is 23.0. The van der Waals surface area contributed by atoms with Gasteiger partial charge in [-0.15, -0.1) is 0 Å². The first-order valence-electron chi connectivity index (χ1n) is 11.1. The molecular formula is C25H30N4O3. The first kappa shape index (κ1) is 21.9. The molecule has 0 aliphatic carbocycles. The van der Waals surface area contributed by atoms with Crippen molar-refractivity contribution in [2.24, 2.45) is 13.0 Å². The van der Waals surface area contributed by atoms with Crippen molar-refractivity contribution in [1.82, 2.24) is 9.55 Å². The Hall–Kier alpha value is -3.35. The number of carbonyl (C=O) groups is 1. The van der Waals surface area contributed by atoms with Gasteiger partial charge < -0.3 is 15.3 Å². The van der Waals surface area contributed by atoms with E-state index in [0.717, 1.165) is 37.1 Å². The monoisotopic (exact) mass is 434 g/mol. The number of anilines is 2. The Bertz CT molecular complexity index is 1230. The number of fused-ring (bicyclic) bond motifs is 1. The van der Waals surface area contributed by atoms with Crippen molar-refractivity contribution in [1.29, 1.82) is 0 Å². The van der Waals surface area contributed by atoms with Crippen LogP contribution in [0.4, 0.5) is 11.6 Å². The van der Waals surface area contributed by atoms with E-state index in [0.29, 0.717) is 28.5 Å². The number of nitrogens with zero attached hydrogens (tertiary/aromatic N) is 3. The minimum atomic E-state index is -0.983. The summed E-state index contributed by atoms with van der Waals surface area (Å²) in [5.74, 6) is 0.390. The number of aromatic nitrogens is 2. The molecule has 0 amide bonds. The molecule has 0 unspecified atom stereocenters. The lowest BCUT2D eigenvalue weighted by molar-refractivity contribution is 0.0698. The standard InChI is InChI=1S/C25H30N4O3/c1-15-9-11-29(12-10-15)25-27-22-19(13-16(2)14-20(22)23(30)28(25)4)17(3)26-21-8-6-5-7-18(21)24(31)32/h5-8,13-15,17,26H,9-12H2,1-4H3,(H,31,32)/t17-/m1/s1. The third-order valence-corrected chi connectivity index (χ3v) is 6.39. The van der Waals surface area contributed by atoms with Gasteiger partial charge in [-0.25, -0.2) is 9.78 Å². The number of carboxylic acids is 1. The Morgan fingerprint density at radius 3 is 2.59 bits per heavy atom. The molecule has 7 nitrogen and oxygen atoms in total. The Morgan fingerprint density at radius 2 is 1.91 bits per heavy atom. The summed E-state index contributed by atoms with van der Waals surface area (Å²) in [6.07, 6.45) is 2.16. The van der Waals surface area contributed by atoms with Gasteiger partial charge in [-0.2, -0.15) is 0 Å². The number of hydrogen-bond donors (Lipinski definition) is 2. The average Bonchev–Trinajstić information content (AvgIpc) is 2.77. The molecule has 1 atom stereocenters. The summed E-state index contributed by atoms with van der Waals surface area (Å²) in [5.41, 5.74) is 3.20. The summed E-state index contributed by atoms with van der Waals surface area (Å²) in [5, 5.41) is 13.4. The zero-order valence-electron chi connectivity index (χ0n) is 19.1. The van der Waals surface area contributed by atoms with Crippen LogP contribution in [-0.4, -0.2) is 33.7 Å². The quantitative estimate of drug-likeness (QED) is 0.621. The number of rotatable bonds is 5. The van der Waals surface area contributed by atoms with E-state index in [9.17, 15) is 14.7 Å². The molecule has 7 heteroatoms. The molecule has 2 N–H and O–H groups in total. The van der Waals surface area contributed by atoms with E-state index in [2.05, 4.69) is 17.1 Å². The second-order valence-electron chi connectivity index (χ2n) is 8.91. The second kappa shape index (κ2) is 8.65. The van der Waals surface area contributed by atoms with Gasteiger partial charge in [0.05, 0.1) is 22.5 Å². The molecule has 168 valence electrons. The molecule has 4 rings (SSSR count). The topological polar surface area (TPSA) is 87.5 Å². The average molecular weight is 435 g/mol. The maximum Gasteiger partial charge on any atom is 0.337 e. The van der Waals surface area contributed by atoms with Crippen molar-refractivity contribution >= 4 is 28.5 Å². The summed E-state index contributed by atoms with van der Waals surface area (Å²) in [7, 11) is 1.79. The first-order valence-corrected chi connectivity index (χ1v) is 11.1. The number of nitrogens with one attached hydrogen (secondary N) is 1. The van der Waals surface area contributed by atoms with E-state index >= 15 is 0 Å². The lowest BCUT2D eigenvalue weighted by atomic mass is 9.99. The number of aromatic carboxylic acids is 1. The molecule has 0 spiro atoms. The molecule has 3 aromatic rings. The van der Waals surface area contributed by atoms with Crippen molar-refractivity contribution < 1.29 is 9.90 Å². The number of benzene rings is 2. The molecule has 2 aromatic carbocycles. The summed E-state index contributed by atoms with van der Waals surface area (Å²) in [4.78, 5) is 32.1. The van der Waals surface area contributed by atoms with Gasteiger partial charge in [0.25, 0.3) is 5.56 Å². The van der Waals surface area contributed by atoms with Crippen LogP contribution in [0.2, 0.25) is 0 Å². The van der Waals surface area contributed by atoms with Gasteiger partial charge in [0.15, 0.2) is 0 Å². The molecular weight excluding hydrogens is 404 g/mol. The van der Waals surface area contributed by atoms with E-state index in [1.807, 2.05) is 26.0 Å². The minimum absolute atomic E-state index is 0.0632. The van der Waals surface area contributed by atoms with Crippen molar-refractivity contribution in [3.05, 3.63) is 63.4 Å². The van der Waals surface area contributed by atoms with E-state index in [1.54, 1.807) is 35.9 Å². The van der Waals surface area contributed by atoms with E-state index in [-0.39, 0.29) is 17.2 Å². The molecule has 1 saturated heterocycles. The summed E-state index contributed by atoms with van der Waals surface area (Å²) < 4.78 is 1.65. The van der Waals surface area contributed by atoms with Gasteiger partial charge in [-0.1, -0.05) is 25.1 Å². The third kappa shape index (κ3) is 4.07. The minimum Gasteiger partial charge on any atom is -0.478 e. The fourth-order valence-corrected chi connectivity index (χ4v) is 4.47. The van der Waals surface area contributed by atoms with Crippen LogP contribution in [0.3, 0.4) is 0 Å². The zero-order valence-corrected chi connectivity index (χ0v) is 19.1. The summed E-state index contributed by atoms with van der Waals surface area (Å²) in [6, 6.07) is 10.5. The van der Waals surface area contributed by atoms with Crippen molar-refractivity contribution in [2.45, 2.75) is 39.7 Å². The van der Waals surface area contributed by atoms with Crippen LogP contribution in [0.25, 0.3) is 10.9 Å². The highest BCUT2D eigenvalue weighted by Crippen LogP contribution is 2.29. The molecule has 1 fully saturated rings. The fourth-order valence-electron chi connectivity index (χ4n) is 4.47. The Balaban J connectivity index is 1.81. The van der Waals surface area contributed by atoms with Gasteiger partial charge in [0, 0.05) is 31.4 Å². The Morgan fingerprint density at radius 1 is 1.22 bits per heavy atom. The maximum atomic E-state index is 13.3. The predicted octanol–water partition coefficient (Wildman–Crippen LogP) is 4.35. The van der Waals surface area contributed by atoms with Crippen LogP contribution in [0, 0.1) is 12.8 Å². The van der Waals surface area contributed by atoms with Gasteiger partial charge in [0.1, 0.15) is 0 Å². The molecule has 1 aliphatic heterocycles. The molecule has 0 saturated carbocycles. The fraction of sp³-hybridized carbons (Fsp3) is 0.400. The van der Waals surface area contributed by atoms with Gasteiger partial charge in [0.2, 0.25) is 5.95 Å². The van der Waals surface area contributed by atoms with Gasteiger partial charge in [-0.3, -0.25) is 9.36 Å². The molecule has 32 heavy (non-hydrogen) atoms. The van der Waals surface area contributed by atoms with Crippen LogP contribution in [0.15, 0.2) is 41.2 Å². The highest BCUT2D eigenvalue weighted by Gasteiger charge is 2.23.